The normalized spacial score (nSPS) is 21.0. The van der Waals surface area contributed by atoms with E-state index in [0.29, 0.717) is 22.7 Å². The number of piperazine rings is 1. The summed E-state index contributed by atoms with van der Waals surface area (Å²) in [6, 6.07) is 5.25. The highest BCUT2D eigenvalue weighted by Gasteiger charge is 2.32. The average Bonchev–Trinajstić information content (AvgIpc) is 3.29. The van der Waals surface area contributed by atoms with E-state index < -0.39 is 5.82 Å². The largest absolute Gasteiger partial charge is 0.351 e. The molecular weight excluding hydrogens is 321 g/mol. The van der Waals surface area contributed by atoms with Crippen LogP contribution in [0.2, 0.25) is 0 Å². The summed E-state index contributed by atoms with van der Waals surface area (Å²) in [6.45, 7) is 3.95. The molecule has 25 heavy (non-hydrogen) atoms. The molecule has 8 heteroatoms. The molecule has 3 aromatic rings. The van der Waals surface area contributed by atoms with E-state index in [9.17, 15) is 4.39 Å². The van der Waals surface area contributed by atoms with Gasteiger partial charge >= 0.3 is 0 Å². The summed E-state index contributed by atoms with van der Waals surface area (Å²) in [5.41, 5.74) is 1.79. The van der Waals surface area contributed by atoms with Crippen LogP contribution in [0, 0.1) is 17.1 Å². The minimum atomic E-state index is -0.554. The van der Waals surface area contributed by atoms with Gasteiger partial charge in [0.1, 0.15) is 18.2 Å². The van der Waals surface area contributed by atoms with Gasteiger partial charge in [-0.2, -0.15) is 5.26 Å². The Morgan fingerprint density at radius 1 is 1.24 bits per heavy atom. The molecule has 0 bridgehead atoms. The first-order chi connectivity index (χ1) is 12.2. The topological polar surface area (TPSA) is 73.3 Å². The van der Waals surface area contributed by atoms with Gasteiger partial charge in [-0.1, -0.05) is 0 Å². The highest BCUT2D eigenvalue weighted by molar-refractivity contribution is 5.84. The van der Waals surface area contributed by atoms with Crippen LogP contribution in [0.5, 0.6) is 0 Å². The summed E-state index contributed by atoms with van der Waals surface area (Å²) in [7, 11) is 0. The molecule has 2 fully saturated rings. The van der Waals surface area contributed by atoms with Crippen LogP contribution in [0.4, 0.5) is 10.2 Å². The number of fused-ring (bicyclic) bond motifs is 4. The molecule has 1 aromatic carbocycles. The van der Waals surface area contributed by atoms with Gasteiger partial charge in [-0.3, -0.25) is 9.30 Å². The molecule has 2 saturated heterocycles. The van der Waals surface area contributed by atoms with Crippen molar-refractivity contribution < 1.29 is 4.39 Å². The van der Waals surface area contributed by atoms with E-state index in [2.05, 4.69) is 25.0 Å². The van der Waals surface area contributed by atoms with Gasteiger partial charge in [-0.25, -0.2) is 9.37 Å². The number of hydrogen-bond donors (Lipinski definition) is 0. The predicted octanol–water partition coefficient (Wildman–Crippen LogP) is 1.57. The Kier molecular flexibility index (Phi) is 3.12. The summed E-state index contributed by atoms with van der Waals surface area (Å²) in [5.74, 6) is 0.183. The number of hydrogen-bond acceptors (Lipinski definition) is 6. The number of rotatable bonds is 1. The lowest BCUT2D eigenvalue weighted by atomic mass is 10.1. The number of halogens is 1. The molecule has 0 amide bonds. The lowest BCUT2D eigenvalue weighted by Crippen LogP contribution is -2.50. The lowest BCUT2D eigenvalue weighted by molar-refractivity contribution is 0.230. The summed E-state index contributed by atoms with van der Waals surface area (Å²) < 4.78 is 15.9. The van der Waals surface area contributed by atoms with Crippen molar-refractivity contribution in [3.05, 3.63) is 29.8 Å². The van der Waals surface area contributed by atoms with Gasteiger partial charge in [0, 0.05) is 31.7 Å². The molecule has 2 aliphatic heterocycles. The van der Waals surface area contributed by atoms with Crippen LogP contribution >= 0.6 is 0 Å². The maximum atomic E-state index is 14.1. The third kappa shape index (κ3) is 2.16. The lowest BCUT2D eigenvalue weighted by Gasteiger charge is -2.38. The van der Waals surface area contributed by atoms with E-state index in [1.54, 1.807) is 10.7 Å². The van der Waals surface area contributed by atoms with Crippen LogP contribution in [0.25, 0.3) is 16.7 Å². The maximum Gasteiger partial charge on any atom is 0.204 e. The Labute approximate surface area is 143 Å². The quantitative estimate of drug-likeness (QED) is 0.671. The van der Waals surface area contributed by atoms with Crippen molar-refractivity contribution in [1.29, 1.82) is 5.26 Å². The summed E-state index contributed by atoms with van der Waals surface area (Å²) in [5, 5.41) is 17.3. The first kappa shape index (κ1) is 14.5. The second kappa shape index (κ2) is 5.36. The Morgan fingerprint density at radius 3 is 3.04 bits per heavy atom. The number of nitriles is 1. The molecule has 2 aliphatic rings. The fraction of sp³-hybridized carbons (Fsp3) is 0.412. The monoisotopic (exact) mass is 337 g/mol. The molecule has 0 aliphatic carbocycles. The molecule has 7 nitrogen and oxygen atoms in total. The molecule has 126 valence electrons. The molecule has 5 rings (SSSR count). The van der Waals surface area contributed by atoms with E-state index in [-0.39, 0.29) is 5.56 Å². The second-order valence-corrected chi connectivity index (χ2v) is 6.67. The van der Waals surface area contributed by atoms with Crippen molar-refractivity contribution in [2.75, 3.05) is 31.1 Å². The third-order valence-electron chi connectivity index (χ3n) is 5.31. The van der Waals surface area contributed by atoms with E-state index in [1.807, 2.05) is 6.07 Å². The van der Waals surface area contributed by atoms with Gasteiger partial charge in [0.2, 0.25) is 5.65 Å². The molecule has 0 saturated carbocycles. The van der Waals surface area contributed by atoms with Crippen LogP contribution in [0.3, 0.4) is 0 Å². The first-order valence-electron chi connectivity index (χ1n) is 8.46. The molecule has 0 spiro atoms. The number of aromatic nitrogens is 4. The van der Waals surface area contributed by atoms with Gasteiger partial charge in [-0.15, -0.1) is 10.2 Å². The molecule has 1 atom stereocenters. The van der Waals surface area contributed by atoms with E-state index in [1.165, 1.54) is 31.5 Å². The molecule has 2 aromatic heterocycles. The van der Waals surface area contributed by atoms with Crippen LogP contribution in [-0.2, 0) is 0 Å². The van der Waals surface area contributed by atoms with Crippen molar-refractivity contribution in [3.8, 4) is 6.07 Å². The zero-order chi connectivity index (χ0) is 17.0. The molecule has 0 radical (unpaired) electrons. The standard InChI is InChI=1S/C17H16FN7/c18-13-7-14-15(6-11(13)8-19)25-10-20-22-17(25)16(21-14)24-5-4-23-3-1-2-12(23)9-24/h6-7,10,12H,1-5,9H2. The summed E-state index contributed by atoms with van der Waals surface area (Å²) in [4.78, 5) is 9.44. The Balaban J connectivity index is 1.67. The van der Waals surface area contributed by atoms with Crippen molar-refractivity contribution >= 4 is 22.5 Å². The molecule has 4 heterocycles. The Bertz CT molecular complexity index is 1020. The highest BCUT2D eigenvalue weighted by atomic mass is 19.1. The third-order valence-corrected chi connectivity index (χ3v) is 5.31. The zero-order valence-corrected chi connectivity index (χ0v) is 13.6. The number of nitrogens with zero attached hydrogens (tertiary/aromatic N) is 7. The average molecular weight is 337 g/mol. The SMILES string of the molecule is N#Cc1cc2c(cc1F)nc(N1CCN3CCCC3C1)c1nncn12. The van der Waals surface area contributed by atoms with Gasteiger partial charge in [0.15, 0.2) is 5.82 Å². The van der Waals surface area contributed by atoms with Crippen molar-refractivity contribution in [2.24, 2.45) is 0 Å². The number of benzene rings is 1. The van der Waals surface area contributed by atoms with Crippen molar-refractivity contribution in [2.45, 2.75) is 18.9 Å². The van der Waals surface area contributed by atoms with E-state index in [0.717, 1.165) is 25.5 Å². The Hall–Kier alpha value is -2.79. The fourth-order valence-corrected chi connectivity index (χ4v) is 4.04. The number of anilines is 1. The first-order valence-corrected chi connectivity index (χ1v) is 8.46. The van der Waals surface area contributed by atoms with E-state index >= 15 is 0 Å². The van der Waals surface area contributed by atoms with Crippen LogP contribution in [0.15, 0.2) is 18.5 Å². The molecule has 0 N–H and O–H groups in total. The summed E-state index contributed by atoms with van der Waals surface area (Å²) in [6.07, 6.45) is 4.03. The predicted molar refractivity (Wildman–Crippen MR) is 89.8 cm³/mol. The van der Waals surface area contributed by atoms with Gasteiger partial charge in [0.25, 0.3) is 0 Å². The minimum absolute atomic E-state index is 0.00313. The molecular formula is C17H16FN7. The smallest absolute Gasteiger partial charge is 0.204 e. The van der Waals surface area contributed by atoms with Crippen molar-refractivity contribution in [1.82, 2.24) is 24.5 Å². The van der Waals surface area contributed by atoms with Crippen LogP contribution < -0.4 is 4.90 Å². The molecule has 1 unspecified atom stereocenters. The zero-order valence-electron chi connectivity index (χ0n) is 13.6. The summed E-state index contributed by atoms with van der Waals surface area (Å²) >= 11 is 0. The van der Waals surface area contributed by atoms with Gasteiger partial charge < -0.3 is 4.90 Å². The van der Waals surface area contributed by atoms with E-state index in [4.69, 9.17) is 5.26 Å². The highest BCUT2D eigenvalue weighted by Crippen LogP contribution is 2.29. The second-order valence-electron chi connectivity index (χ2n) is 6.67. The Morgan fingerprint density at radius 2 is 2.16 bits per heavy atom. The van der Waals surface area contributed by atoms with Gasteiger partial charge in [-0.05, 0) is 25.5 Å². The van der Waals surface area contributed by atoms with Gasteiger partial charge in [0.05, 0.1) is 16.6 Å². The minimum Gasteiger partial charge on any atom is -0.351 e. The maximum absolute atomic E-state index is 14.1. The van der Waals surface area contributed by atoms with Crippen LogP contribution in [0.1, 0.15) is 18.4 Å². The van der Waals surface area contributed by atoms with Crippen molar-refractivity contribution in [3.63, 3.8) is 0 Å². The fourth-order valence-electron chi connectivity index (χ4n) is 4.04. The van der Waals surface area contributed by atoms with Crippen LogP contribution in [-0.4, -0.2) is 56.7 Å².